The quantitative estimate of drug-likeness (QED) is 0.192. The van der Waals surface area contributed by atoms with Crippen molar-refractivity contribution in [2.24, 2.45) is 0 Å². The number of hydrogen-bond acceptors (Lipinski definition) is 3. The van der Waals surface area contributed by atoms with Gasteiger partial charge in [-0.15, -0.1) is 0 Å². The SMILES string of the molecule is CC1(C)c2ccccc2N(c2cccc3c2CCc2c(ccc(C#N)c2C#N)-c2ccccc2-c2ccccc2-3)c2ccccc21. The van der Waals surface area contributed by atoms with E-state index in [1.165, 1.54) is 39.2 Å². The number of fused-ring (bicyclic) bond motifs is 9. The zero-order valence-electron chi connectivity index (χ0n) is 25.9. The number of para-hydroxylation sites is 2. The Kier molecular flexibility index (Phi) is 6.38. The third-order valence-electron chi connectivity index (χ3n) is 9.92. The van der Waals surface area contributed by atoms with E-state index in [-0.39, 0.29) is 5.41 Å². The first-order valence-corrected chi connectivity index (χ1v) is 15.8. The fourth-order valence-electron chi connectivity index (χ4n) is 7.76. The first kappa shape index (κ1) is 27.6. The van der Waals surface area contributed by atoms with Crippen LogP contribution in [0.5, 0.6) is 0 Å². The van der Waals surface area contributed by atoms with Crippen LogP contribution in [0.2, 0.25) is 0 Å². The van der Waals surface area contributed by atoms with E-state index in [1.807, 2.05) is 6.07 Å². The lowest BCUT2D eigenvalue weighted by molar-refractivity contribution is 0.631. The molecule has 0 N–H and O–H groups in total. The Balaban J connectivity index is 1.46. The van der Waals surface area contributed by atoms with Crippen molar-refractivity contribution in [3.8, 4) is 45.5 Å². The lowest BCUT2D eigenvalue weighted by atomic mass is 9.73. The van der Waals surface area contributed by atoms with E-state index in [9.17, 15) is 10.5 Å². The van der Waals surface area contributed by atoms with Crippen molar-refractivity contribution in [1.29, 1.82) is 10.5 Å². The molecule has 0 saturated carbocycles. The maximum absolute atomic E-state index is 10.4. The second-order valence-corrected chi connectivity index (χ2v) is 12.6. The molecule has 3 nitrogen and oxygen atoms in total. The van der Waals surface area contributed by atoms with Crippen LogP contribution in [0.3, 0.4) is 0 Å². The van der Waals surface area contributed by atoms with Crippen LogP contribution < -0.4 is 4.90 Å². The van der Waals surface area contributed by atoms with Crippen molar-refractivity contribution in [1.82, 2.24) is 0 Å². The van der Waals surface area contributed by atoms with Gasteiger partial charge in [0.15, 0.2) is 0 Å². The molecule has 1 aliphatic heterocycles. The minimum Gasteiger partial charge on any atom is -0.310 e. The van der Waals surface area contributed by atoms with Crippen molar-refractivity contribution in [2.75, 3.05) is 4.90 Å². The Labute approximate surface area is 270 Å². The smallest absolute Gasteiger partial charge is 0.101 e. The van der Waals surface area contributed by atoms with Crippen molar-refractivity contribution < 1.29 is 0 Å². The van der Waals surface area contributed by atoms with Gasteiger partial charge in [0.25, 0.3) is 0 Å². The van der Waals surface area contributed by atoms with E-state index >= 15 is 0 Å². The van der Waals surface area contributed by atoms with Gasteiger partial charge in [-0.25, -0.2) is 0 Å². The molecule has 8 rings (SSSR count). The molecule has 0 fully saturated rings. The average Bonchev–Trinajstić information content (AvgIpc) is 3.10. The standard InChI is InChI=1S/C43H31N3/c1-43(2)38-17-7-9-19-41(38)46(42-20-10-8-18-39(42)43)40-21-11-16-33-31-14-5-3-12-29(31)30-13-4-6-15-32(30)34-23-22-28(26-44)37(27-45)35(34)24-25-36(33)40/h3-23H,24-25H2,1-2H3. The predicted octanol–water partition coefficient (Wildman–Crippen LogP) is 10.6. The molecular formula is C43H31N3. The number of rotatable bonds is 1. The number of nitriles is 2. The molecule has 0 amide bonds. The predicted molar refractivity (Wildman–Crippen MR) is 186 cm³/mol. The van der Waals surface area contributed by atoms with Crippen molar-refractivity contribution in [2.45, 2.75) is 32.1 Å². The van der Waals surface area contributed by atoms with Crippen LogP contribution in [0.25, 0.3) is 33.4 Å². The van der Waals surface area contributed by atoms with Crippen LogP contribution in [0.4, 0.5) is 17.1 Å². The Morgan fingerprint density at radius 1 is 0.478 bits per heavy atom. The Hall–Kier alpha value is -5.90. The molecule has 0 aromatic heterocycles. The summed E-state index contributed by atoms with van der Waals surface area (Å²) in [5, 5.41) is 20.4. The van der Waals surface area contributed by atoms with Crippen LogP contribution in [-0.4, -0.2) is 0 Å². The maximum atomic E-state index is 10.4. The fraction of sp³-hybridized carbons (Fsp3) is 0.116. The lowest BCUT2D eigenvalue weighted by Crippen LogP contribution is -2.31. The summed E-state index contributed by atoms with van der Waals surface area (Å²) in [6.45, 7) is 4.62. The highest BCUT2D eigenvalue weighted by atomic mass is 15.2. The summed E-state index contributed by atoms with van der Waals surface area (Å²) in [6, 6.07) is 49.8. The van der Waals surface area contributed by atoms with Gasteiger partial charge in [-0.3, -0.25) is 0 Å². The molecule has 6 aromatic rings. The van der Waals surface area contributed by atoms with Crippen LogP contribution >= 0.6 is 0 Å². The summed E-state index contributed by atoms with van der Waals surface area (Å²) in [5.41, 5.74) is 15.7. The number of hydrogen-bond donors (Lipinski definition) is 0. The van der Waals surface area contributed by atoms with Gasteiger partial charge in [-0.2, -0.15) is 10.5 Å². The van der Waals surface area contributed by atoms with E-state index in [4.69, 9.17) is 0 Å². The second kappa shape index (κ2) is 10.6. The Morgan fingerprint density at radius 2 is 0.935 bits per heavy atom. The number of benzene rings is 6. The number of anilines is 3. The molecule has 3 heteroatoms. The van der Waals surface area contributed by atoms with Gasteiger partial charge in [-0.1, -0.05) is 117 Å². The summed E-state index contributed by atoms with van der Waals surface area (Å²) >= 11 is 0. The molecule has 0 spiro atoms. The van der Waals surface area contributed by atoms with Crippen molar-refractivity contribution in [3.05, 3.63) is 161 Å². The monoisotopic (exact) mass is 589 g/mol. The molecule has 46 heavy (non-hydrogen) atoms. The minimum atomic E-state index is -0.160. The maximum Gasteiger partial charge on any atom is 0.101 e. The molecule has 0 atom stereocenters. The van der Waals surface area contributed by atoms with Crippen molar-refractivity contribution >= 4 is 17.1 Å². The van der Waals surface area contributed by atoms with Gasteiger partial charge >= 0.3 is 0 Å². The summed E-state index contributed by atoms with van der Waals surface area (Å²) in [6.07, 6.45) is 1.32. The van der Waals surface area contributed by atoms with Gasteiger partial charge in [0, 0.05) is 11.1 Å². The zero-order valence-corrected chi connectivity index (χ0v) is 25.9. The van der Waals surface area contributed by atoms with E-state index in [0.29, 0.717) is 24.0 Å². The fourth-order valence-corrected chi connectivity index (χ4v) is 7.76. The lowest BCUT2D eigenvalue weighted by Gasteiger charge is -2.42. The first-order chi connectivity index (χ1) is 22.5. The minimum absolute atomic E-state index is 0.160. The zero-order chi connectivity index (χ0) is 31.4. The summed E-state index contributed by atoms with van der Waals surface area (Å²) in [4.78, 5) is 2.44. The van der Waals surface area contributed by atoms with E-state index in [2.05, 4.69) is 146 Å². The molecule has 1 heterocycles. The van der Waals surface area contributed by atoms with Crippen LogP contribution in [0.15, 0.2) is 127 Å². The molecule has 1 aliphatic carbocycles. The second-order valence-electron chi connectivity index (χ2n) is 12.6. The largest absolute Gasteiger partial charge is 0.310 e. The van der Waals surface area contributed by atoms with Gasteiger partial charge < -0.3 is 4.90 Å². The van der Waals surface area contributed by atoms with Crippen molar-refractivity contribution in [3.63, 3.8) is 0 Å². The molecular weight excluding hydrogens is 558 g/mol. The van der Waals surface area contributed by atoms with Gasteiger partial charge in [0.1, 0.15) is 12.1 Å². The van der Waals surface area contributed by atoms with Gasteiger partial charge in [-0.05, 0) is 92.7 Å². The average molecular weight is 590 g/mol. The first-order valence-electron chi connectivity index (χ1n) is 15.8. The highest BCUT2D eigenvalue weighted by molar-refractivity contribution is 5.96. The highest BCUT2D eigenvalue weighted by Crippen LogP contribution is 2.53. The topological polar surface area (TPSA) is 50.8 Å². The number of nitrogens with zero attached hydrogens (tertiary/aromatic N) is 3. The summed E-state index contributed by atoms with van der Waals surface area (Å²) in [7, 11) is 0. The molecule has 0 saturated heterocycles. The normalized spacial score (nSPS) is 13.8. The van der Waals surface area contributed by atoms with Crippen LogP contribution in [0, 0.1) is 22.7 Å². The summed E-state index contributed by atoms with van der Waals surface area (Å²) in [5.74, 6) is 0. The third kappa shape index (κ3) is 4.03. The Morgan fingerprint density at radius 3 is 1.50 bits per heavy atom. The van der Waals surface area contributed by atoms with E-state index in [0.717, 1.165) is 33.5 Å². The summed E-state index contributed by atoms with van der Waals surface area (Å²) < 4.78 is 0. The molecule has 0 bridgehead atoms. The molecule has 2 aliphatic rings. The molecule has 0 unspecified atom stereocenters. The molecule has 218 valence electrons. The molecule has 0 radical (unpaired) electrons. The molecule has 6 aromatic carbocycles. The van der Waals surface area contributed by atoms with Gasteiger partial charge in [0.05, 0.1) is 22.5 Å². The van der Waals surface area contributed by atoms with E-state index in [1.54, 1.807) is 6.07 Å². The Bertz CT molecular complexity index is 2230. The van der Waals surface area contributed by atoms with Crippen LogP contribution in [0.1, 0.15) is 47.2 Å². The van der Waals surface area contributed by atoms with Gasteiger partial charge in [0.2, 0.25) is 0 Å². The third-order valence-corrected chi connectivity index (χ3v) is 9.92. The van der Waals surface area contributed by atoms with E-state index < -0.39 is 0 Å². The van der Waals surface area contributed by atoms with Crippen LogP contribution in [-0.2, 0) is 18.3 Å². The highest BCUT2D eigenvalue weighted by Gasteiger charge is 2.37.